The summed E-state index contributed by atoms with van der Waals surface area (Å²) < 4.78 is 47.0. The van der Waals surface area contributed by atoms with Crippen LogP contribution in [0.4, 0.5) is 0 Å². The Morgan fingerprint density at radius 3 is 1.23 bits per heavy atom. The molecule has 0 radical (unpaired) electrons. The Bertz CT molecular complexity index is 761. The summed E-state index contributed by atoms with van der Waals surface area (Å²) in [6, 6.07) is 17.7. The van der Waals surface area contributed by atoms with E-state index in [0.29, 0.717) is 0 Å². The summed E-state index contributed by atoms with van der Waals surface area (Å²) in [5.41, 5.74) is 1.44. The summed E-state index contributed by atoms with van der Waals surface area (Å²) in [5.74, 6) is 0. The predicted molar refractivity (Wildman–Crippen MR) is 85.7 cm³/mol. The van der Waals surface area contributed by atoms with E-state index in [9.17, 15) is 16.8 Å². The molecule has 0 unspecified atom stereocenters. The Morgan fingerprint density at radius 2 is 0.909 bits per heavy atom. The third-order valence-electron chi connectivity index (χ3n) is 3.96. The maximum Gasteiger partial charge on any atom is 0.185 e. The zero-order valence-corrected chi connectivity index (χ0v) is 13.4. The molecule has 22 heavy (non-hydrogen) atoms. The molecule has 1 saturated heterocycles. The van der Waals surface area contributed by atoms with Crippen molar-refractivity contribution in [3.63, 3.8) is 0 Å². The average Bonchev–Trinajstić information content (AvgIpc) is 2.52. The van der Waals surface area contributed by atoms with Crippen LogP contribution < -0.4 is 0 Å². The third-order valence-corrected chi connectivity index (χ3v) is 10.8. The van der Waals surface area contributed by atoms with E-state index >= 15 is 0 Å². The van der Waals surface area contributed by atoms with Gasteiger partial charge >= 0.3 is 0 Å². The van der Waals surface area contributed by atoms with E-state index in [1.807, 2.05) is 12.1 Å². The molecule has 2 aromatic rings. The standard InChI is InChI=1S/C16H16O4S2/c17-21(18)15(11-13-7-3-1-4-8-13)22(19,20)16(21)12-14-9-5-2-6-10-14/h1-10,15-16H,11-12H2. The molecule has 4 nitrogen and oxygen atoms in total. The highest BCUT2D eigenvalue weighted by Crippen LogP contribution is 2.38. The molecule has 116 valence electrons. The lowest BCUT2D eigenvalue weighted by atomic mass is 10.2. The first kappa shape index (κ1) is 15.2. The highest BCUT2D eigenvalue weighted by atomic mass is 32.3. The summed E-state index contributed by atoms with van der Waals surface area (Å²) in [4.78, 5) is 0. The number of hydrogen-bond acceptors (Lipinski definition) is 4. The Kier molecular flexibility index (Phi) is 3.82. The fourth-order valence-corrected chi connectivity index (χ4v) is 8.89. The van der Waals surface area contributed by atoms with Gasteiger partial charge in [0.25, 0.3) is 0 Å². The molecule has 0 aliphatic carbocycles. The van der Waals surface area contributed by atoms with Gasteiger partial charge in [-0.2, -0.15) is 0 Å². The second-order valence-electron chi connectivity index (χ2n) is 5.42. The average molecular weight is 336 g/mol. The molecule has 1 aliphatic rings. The van der Waals surface area contributed by atoms with Crippen LogP contribution in [0.3, 0.4) is 0 Å². The lowest BCUT2D eigenvalue weighted by Gasteiger charge is -2.35. The number of hydrogen-bond donors (Lipinski definition) is 0. The Hall–Kier alpha value is -1.66. The van der Waals surface area contributed by atoms with Gasteiger partial charge in [0.05, 0.1) is 0 Å². The van der Waals surface area contributed by atoms with E-state index in [4.69, 9.17) is 0 Å². The first-order valence-corrected chi connectivity index (χ1v) is 10.2. The fourth-order valence-electron chi connectivity index (χ4n) is 2.74. The maximum absolute atomic E-state index is 12.4. The molecule has 0 saturated carbocycles. The fraction of sp³-hybridized carbons (Fsp3) is 0.250. The van der Waals surface area contributed by atoms with Crippen molar-refractivity contribution in [2.45, 2.75) is 22.0 Å². The lowest BCUT2D eigenvalue weighted by molar-refractivity contribution is 0.544. The molecule has 1 aliphatic heterocycles. The number of benzene rings is 2. The van der Waals surface area contributed by atoms with Crippen LogP contribution in [0.15, 0.2) is 60.7 Å². The third kappa shape index (κ3) is 2.57. The molecule has 0 spiro atoms. The van der Waals surface area contributed by atoms with Crippen molar-refractivity contribution in [2.24, 2.45) is 0 Å². The van der Waals surface area contributed by atoms with Gasteiger partial charge in [-0.15, -0.1) is 0 Å². The van der Waals surface area contributed by atoms with Crippen LogP contribution in [-0.2, 0) is 32.5 Å². The molecule has 0 atom stereocenters. The van der Waals surface area contributed by atoms with Crippen LogP contribution in [0.25, 0.3) is 0 Å². The first-order chi connectivity index (χ1) is 10.4. The van der Waals surface area contributed by atoms with Gasteiger partial charge in [0.15, 0.2) is 28.8 Å². The molecule has 0 N–H and O–H groups in total. The van der Waals surface area contributed by atoms with Gasteiger partial charge in [-0.1, -0.05) is 60.7 Å². The van der Waals surface area contributed by atoms with Crippen molar-refractivity contribution in [2.75, 3.05) is 0 Å². The second kappa shape index (κ2) is 5.52. The lowest BCUT2D eigenvalue weighted by Crippen LogP contribution is -2.57. The minimum atomic E-state index is -3.66. The smallest absolute Gasteiger partial charge is 0.185 e. The predicted octanol–water partition coefficient (Wildman–Crippen LogP) is 1.97. The van der Waals surface area contributed by atoms with Crippen molar-refractivity contribution >= 4 is 19.7 Å². The van der Waals surface area contributed by atoms with Crippen molar-refractivity contribution in [3.05, 3.63) is 71.8 Å². The molecule has 0 bridgehead atoms. The van der Waals surface area contributed by atoms with Gasteiger partial charge in [-0.25, -0.2) is 16.8 Å². The maximum atomic E-state index is 12.4. The van der Waals surface area contributed by atoms with Gasteiger partial charge in [0.2, 0.25) is 0 Å². The van der Waals surface area contributed by atoms with Gasteiger partial charge in [0.1, 0.15) is 0 Å². The molecule has 0 aromatic heterocycles. The minimum Gasteiger partial charge on any atom is -0.226 e. The zero-order valence-electron chi connectivity index (χ0n) is 11.8. The molecule has 2 aromatic carbocycles. The Morgan fingerprint density at radius 1 is 0.591 bits per heavy atom. The minimum absolute atomic E-state index is 0.0246. The highest BCUT2D eigenvalue weighted by Gasteiger charge is 2.60. The van der Waals surface area contributed by atoms with Crippen molar-refractivity contribution in [1.82, 2.24) is 0 Å². The van der Waals surface area contributed by atoms with E-state index in [1.54, 1.807) is 48.5 Å². The van der Waals surface area contributed by atoms with E-state index in [1.165, 1.54) is 0 Å². The van der Waals surface area contributed by atoms with Crippen LogP contribution in [0.5, 0.6) is 0 Å². The quantitative estimate of drug-likeness (QED) is 0.856. The van der Waals surface area contributed by atoms with E-state index in [-0.39, 0.29) is 12.8 Å². The normalized spacial score (nSPS) is 25.3. The van der Waals surface area contributed by atoms with Crippen molar-refractivity contribution < 1.29 is 16.8 Å². The van der Waals surface area contributed by atoms with Gasteiger partial charge < -0.3 is 0 Å². The molecule has 1 fully saturated rings. The van der Waals surface area contributed by atoms with Crippen LogP contribution >= 0.6 is 0 Å². The topological polar surface area (TPSA) is 68.3 Å². The Balaban J connectivity index is 1.85. The largest absolute Gasteiger partial charge is 0.226 e. The van der Waals surface area contributed by atoms with E-state index < -0.39 is 28.8 Å². The van der Waals surface area contributed by atoms with Gasteiger partial charge in [-0.3, -0.25) is 0 Å². The van der Waals surface area contributed by atoms with Crippen LogP contribution in [0.1, 0.15) is 11.1 Å². The highest BCUT2D eigenvalue weighted by molar-refractivity contribution is 8.25. The Labute approximate surface area is 130 Å². The number of sulfone groups is 2. The second-order valence-corrected chi connectivity index (χ2v) is 10.6. The molecule has 6 heteroatoms. The zero-order chi connectivity index (χ0) is 15.8. The van der Waals surface area contributed by atoms with Crippen molar-refractivity contribution in [3.8, 4) is 0 Å². The van der Waals surface area contributed by atoms with Crippen molar-refractivity contribution in [1.29, 1.82) is 0 Å². The summed E-state index contributed by atoms with van der Waals surface area (Å²) in [5, 5.41) is 0. The van der Waals surface area contributed by atoms with E-state index in [2.05, 4.69) is 0 Å². The molecular formula is C16H16O4S2. The summed E-state index contributed by atoms with van der Waals surface area (Å²) >= 11 is 0. The molecule has 3 rings (SSSR count). The van der Waals surface area contributed by atoms with Gasteiger partial charge in [-0.05, 0) is 11.1 Å². The molecular weight excluding hydrogens is 320 g/mol. The summed E-state index contributed by atoms with van der Waals surface area (Å²) in [6.07, 6.45) is 0.0492. The summed E-state index contributed by atoms with van der Waals surface area (Å²) in [7, 11) is -7.31. The van der Waals surface area contributed by atoms with Crippen LogP contribution in [0.2, 0.25) is 0 Å². The van der Waals surface area contributed by atoms with Crippen LogP contribution in [-0.4, -0.2) is 26.0 Å². The number of rotatable bonds is 4. The molecule has 0 amide bonds. The van der Waals surface area contributed by atoms with Gasteiger partial charge in [0, 0.05) is 12.8 Å². The van der Waals surface area contributed by atoms with E-state index in [0.717, 1.165) is 11.1 Å². The molecule has 1 heterocycles. The summed E-state index contributed by atoms with van der Waals surface area (Å²) in [6.45, 7) is 0. The van der Waals surface area contributed by atoms with Crippen LogP contribution in [0, 0.1) is 0 Å². The first-order valence-electron chi connectivity index (χ1n) is 6.95. The SMILES string of the molecule is O=S1(=O)C(Cc2ccccc2)S(=O)(=O)C1Cc1ccccc1. The monoisotopic (exact) mass is 336 g/mol.